The van der Waals surface area contributed by atoms with E-state index < -0.39 is 0 Å². The second-order valence-corrected chi connectivity index (χ2v) is 7.37. The van der Waals surface area contributed by atoms with E-state index in [4.69, 9.17) is 0 Å². The maximum Gasteiger partial charge on any atom is 0.0364 e. The van der Waals surface area contributed by atoms with Crippen molar-refractivity contribution in [3.05, 3.63) is 35.4 Å². The third kappa shape index (κ3) is 3.31. The summed E-state index contributed by atoms with van der Waals surface area (Å²) in [6.07, 6.45) is 1.23. The Hall–Kier alpha value is -0.900. The highest BCUT2D eigenvalue weighted by Gasteiger charge is 2.30. The molecular formula is C18H29N3. The molecule has 3 heteroatoms. The first-order valence-electron chi connectivity index (χ1n) is 8.33. The maximum absolute atomic E-state index is 3.57. The highest BCUT2D eigenvalue weighted by molar-refractivity contribution is 5.31. The van der Waals surface area contributed by atoms with Gasteiger partial charge < -0.3 is 5.32 Å². The normalized spacial score (nSPS) is 25.4. The van der Waals surface area contributed by atoms with Crippen molar-refractivity contribution >= 4 is 0 Å². The molecule has 1 unspecified atom stereocenters. The highest BCUT2D eigenvalue weighted by Crippen LogP contribution is 2.30. The average Bonchev–Trinajstić information content (AvgIpc) is 2.69. The molecule has 2 aliphatic rings. The van der Waals surface area contributed by atoms with Gasteiger partial charge in [0, 0.05) is 44.3 Å². The first kappa shape index (κ1) is 15.0. The monoisotopic (exact) mass is 287 g/mol. The fraction of sp³-hybridized carbons (Fsp3) is 0.667. The number of nitrogens with zero attached hydrogens (tertiary/aromatic N) is 2. The predicted octanol–water partition coefficient (Wildman–Crippen LogP) is 2.64. The molecule has 0 spiro atoms. The SMILES string of the molecule is CC(C)(C)N1CCN(C2CCNCc3ccccc32)CC1. The van der Waals surface area contributed by atoms with Crippen molar-refractivity contribution in [3.63, 3.8) is 0 Å². The van der Waals surface area contributed by atoms with E-state index in [1.54, 1.807) is 5.56 Å². The van der Waals surface area contributed by atoms with Crippen LogP contribution in [0.2, 0.25) is 0 Å². The van der Waals surface area contributed by atoms with Crippen LogP contribution >= 0.6 is 0 Å². The van der Waals surface area contributed by atoms with Crippen molar-refractivity contribution in [1.82, 2.24) is 15.1 Å². The van der Waals surface area contributed by atoms with Gasteiger partial charge in [-0.3, -0.25) is 9.80 Å². The van der Waals surface area contributed by atoms with Crippen LogP contribution in [0.25, 0.3) is 0 Å². The molecule has 0 saturated carbocycles. The Morgan fingerprint density at radius 1 is 1.05 bits per heavy atom. The molecule has 0 aromatic heterocycles. The van der Waals surface area contributed by atoms with E-state index >= 15 is 0 Å². The van der Waals surface area contributed by atoms with E-state index in [2.05, 4.69) is 60.2 Å². The molecule has 0 radical (unpaired) electrons. The Kier molecular flexibility index (Phi) is 4.34. The summed E-state index contributed by atoms with van der Waals surface area (Å²) in [7, 11) is 0. The lowest BCUT2D eigenvalue weighted by Gasteiger charge is -2.44. The van der Waals surface area contributed by atoms with Crippen molar-refractivity contribution in [1.29, 1.82) is 0 Å². The molecule has 3 rings (SSSR count). The zero-order chi connectivity index (χ0) is 14.9. The molecule has 1 saturated heterocycles. The summed E-state index contributed by atoms with van der Waals surface area (Å²) >= 11 is 0. The fourth-order valence-corrected chi connectivity index (χ4v) is 3.72. The first-order valence-corrected chi connectivity index (χ1v) is 8.33. The van der Waals surface area contributed by atoms with Crippen LogP contribution < -0.4 is 5.32 Å². The van der Waals surface area contributed by atoms with Crippen molar-refractivity contribution in [2.45, 2.75) is 45.3 Å². The smallest absolute Gasteiger partial charge is 0.0364 e. The minimum absolute atomic E-state index is 0.301. The van der Waals surface area contributed by atoms with Gasteiger partial charge in [0.05, 0.1) is 0 Å². The fourth-order valence-electron chi connectivity index (χ4n) is 3.72. The highest BCUT2D eigenvalue weighted by atomic mass is 15.3. The zero-order valence-corrected chi connectivity index (χ0v) is 13.7. The summed E-state index contributed by atoms with van der Waals surface area (Å²) in [5.41, 5.74) is 3.33. The zero-order valence-electron chi connectivity index (χ0n) is 13.7. The van der Waals surface area contributed by atoms with Crippen molar-refractivity contribution in [2.24, 2.45) is 0 Å². The molecule has 1 fully saturated rings. The van der Waals surface area contributed by atoms with Gasteiger partial charge in [0.25, 0.3) is 0 Å². The number of nitrogens with one attached hydrogen (secondary N) is 1. The van der Waals surface area contributed by atoms with Gasteiger partial charge in [-0.2, -0.15) is 0 Å². The Morgan fingerprint density at radius 2 is 1.76 bits per heavy atom. The Bertz CT molecular complexity index is 470. The predicted molar refractivity (Wildman–Crippen MR) is 88.4 cm³/mol. The van der Waals surface area contributed by atoms with Gasteiger partial charge in [-0.05, 0) is 44.9 Å². The largest absolute Gasteiger partial charge is 0.313 e. The molecule has 1 aromatic rings. The molecule has 0 amide bonds. The molecule has 1 N–H and O–H groups in total. The molecular weight excluding hydrogens is 258 g/mol. The van der Waals surface area contributed by atoms with E-state index in [-0.39, 0.29) is 0 Å². The number of rotatable bonds is 1. The Labute approximate surface area is 129 Å². The maximum atomic E-state index is 3.57. The second-order valence-electron chi connectivity index (χ2n) is 7.37. The number of piperazine rings is 1. The molecule has 21 heavy (non-hydrogen) atoms. The van der Waals surface area contributed by atoms with Crippen molar-refractivity contribution in [3.8, 4) is 0 Å². The standard InChI is InChI=1S/C18H29N3/c1-18(2,3)21-12-10-20(11-13-21)17-8-9-19-14-15-6-4-5-7-16(15)17/h4-7,17,19H,8-14H2,1-3H3. The average molecular weight is 287 g/mol. The number of hydrogen-bond donors (Lipinski definition) is 1. The van der Waals surface area contributed by atoms with Crippen LogP contribution in [0.4, 0.5) is 0 Å². The summed E-state index contributed by atoms with van der Waals surface area (Å²) in [6.45, 7) is 13.9. The van der Waals surface area contributed by atoms with Gasteiger partial charge in [-0.15, -0.1) is 0 Å². The third-order valence-electron chi connectivity index (χ3n) is 5.03. The van der Waals surface area contributed by atoms with Gasteiger partial charge in [0.2, 0.25) is 0 Å². The van der Waals surface area contributed by atoms with Crippen LogP contribution in [0.3, 0.4) is 0 Å². The summed E-state index contributed by atoms with van der Waals surface area (Å²) in [5, 5.41) is 3.57. The van der Waals surface area contributed by atoms with Crippen LogP contribution in [0.1, 0.15) is 44.4 Å². The van der Waals surface area contributed by atoms with Crippen LogP contribution in [0.5, 0.6) is 0 Å². The van der Waals surface area contributed by atoms with Crippen LogP contribution in [0.15, 0.2) is 24.3 Å². The summed E-state index contributed by atoms with van der Waals surface area (Å²) in [6, 6.07) is 9.58. The second kappa shape index (κ2) is 6.07. The molecule has 2 aliphatic heterocycles. The van der Waals surface area contributed by atoms with Crippen LogP contribution in [-0.2, 0) is 6.54 Å². The van der Waals surface area contributed by atoms with E-state index in [0.29, 0.717) is 11.6 Å². The van der Waals surface area contributed by atoms with Gasteiger partial charge >= 0.3 is 0 Å². The van der Waals surface area contributed by atoms with Gasteiger partial charge in [-0.1, -0.05) is 24.3 Å². The molecule has 0 aliphatic carbocycles. The lowest BCUT2D eigenvalue weighted by atomic mass is 9.96. The quantitative estimate of drug-likeness (QED) is 0.856. The summed E-state index contributed by atoms with van der Waals surface area (Å²) in [5.74, 6) is 0. The molecule has 0 bridgehead atoms. The summed E-state index contributed by atoms with van der Waals surface area (Å²) in [4.78, 5) is 5.32. The molecule has 1 atom stereocenters. The van der Waals surface area contributed by atoms with Crippen molar-refractivity contribution < 1.29 is 0 Å². The topological polar surface area (TPSA) is 18.5 Å². The minimum Gasteiger partial charge on any atom is -0.313 e. The van der Waals surface area contributed by atoms with Crippen LogP contribution in [0, 0.1) is 0 Å². The van der Waals surface area contributed by atoms with Crippen LogP contribution in [-0.4, -0.2) is 48.1 Å². The third-order valence-corrected chi connectivity index (χ3v) is 5.03. The van der Waals surface area contributed by atoms with E-state index in [9.17, 15) is 0 Å². The van der Waals surface area contributed by atoms with Crippen molar-refractivity contribution in [2.75, 3.05) is 32.7 Å². The van der Waals surface area contributed by atoms with Gasteiger partial charge in [-0.25, -0.2) is 0 Å². The van der Waals surface area contributed by atoms with Gasteiger partial charge in [0.1, 0.15) is 0 Å². The summed E-state index contributed by atoms with van der Waals surface area (Å²) < 4.78 is 0. The van der Waals surface area contributed by atoms with E-state index in [0.717, 1.165) is 13.1 Å². The number of fused-ring (bicyclic) bond motifs is 1. The van der Waals surface area contributed by atoms with Gasteiger partial charge in [0.15, 0.2) is 0 Å². The van der Waals surface area contributed by atoms with E-state index in [1.807, 2.05) is 0 Å². The Balaban J connectivity index is 1.73. The Morgan fingerprint density at radius 3 is 2.48 bits per heavy atom. The molecule has 1 aromatic carbocycles. The lowest BCUT2D eigenvalue weighted by Crippen LogP contribution is -2.54. The number of benzene rings is 1. The minimum atomic E-state index is 0.301. The van der Waals surface area contributed by atoms with E-state index in [1.165, 1.54) is 38.2 Å². The first-order chi connectivity index (χ1) is 10.1. The lowest BCUT2D eigenvalue weighted by molar-refractivity contribution is 0.0401. The number of hydrogen-bond acceptors (Lipinski definition) is 3. The molecule has 3 nitrogen and oxygen atoms in total. The molecule has 2 heterocycles. The molecule has 116 valence electrons.